The largest absolute Gasteiger partial charge is 1.00 e. The molecule has 1 aliphatic rings. The van der Waals surface area contributed by atoms with Gasteiger partial charge in [0.05, 0.1) is 0 Å². The molecule has 2 rings (SSSR count). The van der Waals surface area contributed by atoms with Crippen LogP contribution in [0.4, 0.5) is 0 Å². The number of rotatable bonds is 1. The molecule has 0 amide bonds. The maximum atomic E-state index is 5.09. The minimum atomic E-state index is 0. The van der Waals surface area contributed by atoms with E-state index >= 15 is 0 Å². The molecular weight excluding hydrogens is 222 g/mol. The molecule has 1 aliphatic heterocycles. The first-order chi connectivity index (χ1) is 5.36. The van der Waals surface area contributed by atoms with Crippen molar-refractivity contribution in [2.24, 2.45) is 0 Å². The Morgan fingerprint density at radius 3 is 2.58 bits per heavy atom. The van der Waals surface area contributed by atoms with E-state index in [1.165, 1.54) is 17.0 Å². The fraction of sp³-hybridized carbons (Fsp3) is 0.300. The predicted molar refractivity (Wildman–Crippen MR) is 44.3 cm³/mol. The summed E-state index contributed by atoms with van der Waals surface area (Å²) in [5, 5.41) is 0. The Labute approximate surface area is 122 Å². The van der Waals surface area contributed by atoms with E-state index in [0.717, 1.165) is 13.2 Å². The second kappa shape index (κ2) is 4.92. The first kappa shape index (κ1) is 10.9. The van der Waals surface area contributed by atoms with E-state index in [1.807, 2.05) is 0 Å². The van der Waals surface area contributed by atoms with Gasteiger partial charge in [-0.25, -0.2) is 0 Å². The number of benzene rings is 1. The molecule has 0 saturated carbocycles. The Hall–Kier alpha value is 0.855. The van der Waals surface area contributed by atoms with E-state index in [2.05, 4.69) is 31.2 Å². The number of hydrogen-bond donors (Lipinski definition) is 0. The molecule has 0 aromatic heterocycles. The van der Waals surface area contributed by atoms with E-state index < -0.39 is 0 Å². The van der Waals surface area contributed by atoms with Gasteiger partial charge in [-0.05, 0) is 0 Å². The van der Waals surface area contributed by atoms with Crippen LogP contribution in [-0.4, -0.2) is 13.2 Å². The normalized spacial score (nSPS) is 14.9. The summed E-state index contributed by atoms with van der Waals surface area (Å²) in [5.41, 5.74) is 2.66. The van der Waals surface area contributed by atoms with Crippen molar-refractivity contribution in [3.63, 3.8) is 0 Å². The molecular formula is C10H11ORb. The summed E-state index contributed by atoms with van der Waals surface area (Å²) in [6.07, 6.45) is 0. The molecule has 0 atom stereocenters. The Bertz CT molecular complexity index is 256. The monoisotopic (exact) mass is 232 g/mol. The summed E-state index contributed by atoms with van der Waals surface area (Å²) >= 11 is 0. The zero-order valence-electron chi connectivity index (χ0n) is 7.63. The maximum absolute atomic E-state index is 5.09. The van der Waals surface area contributed by atoms with Crippen molar-refractivity contribution in [3.8, 4) is 0 Å². The SMILES string of the molecule is Cc1cccc([C-]2COC2)c1.[Rb+]. The molecule has 1 fully saturated rings. The van der Waals surface area contributed by atoms with Crippen molar-refractivity contribution in [1.82, 2.24) is 0 Å². The second-order valence-corrected chi connectivity index (χ2v) is 2.97. The van der Waals surface area contributed by atoms with Gasteiger partial charge < -0.3 is 4.74 Å². The average Bonchev–Trinajstić information content (AvgIpc) is 1.83. The van der Waals surface area contributed by atoms with Gasteiger partial charge in [0.1, 0.15) is 0 Å². The molecule has 1 nitrogen and oxygen atoms in total. The molecule has 1 aromatic rings. The second-order valence-electron chi connectivity index (χ2n) is 2.97. The molecule has 0 radical (unpaired) electrons. The van der Waals surface area contributed by atoms with Crippen molar-refractivity contribution < 1.29 is 62.9 Å². The molecule has 0 spiro atoms. The minimum Gasteiger partial charge on any atom is -0.397 e. The predicted octanol–water partition coefficient (Wildman–Crippen LogP) is -1.05. The summed E-state index contributed by atoms with van der Waals surface area (Å²) < 4.78 is 5.09. The summed E-state index contributed by atoms with van der Waals surface area (Å²) in [6.45, 7) is 3.76. The summed E-state index contributed by atoms with van der Waals surface area (Å²) in [6, 6.07) is 8.56. The summed E-state index contributed by atoms with van der Waals surface area (Å²) in [5.74, 6) is 1.42. The van der Waals surface area contributed by atoms with Gasteiger partial charge in [0, 0.05) is 13.2 Å². The molecule has 0 aliphatic carbocycles. The van der Waals surface area contributed by atoms with Crippen LogP contribution in [-0.2, 0) is 4.74 Å². The first-order valence-electron chi connectivity index (χ1n) is 3.86. The van der Waals surface area contributed by atoms with Crippen molar-refractivity contribution >= 4 is 0 Å². The molecule has 12 heavy (non-hydrogen) atoms. The topological polar surface area (TPSA) is 9.23 Å². The van der Waals surface area contributed by atoms with Gasteiger partial charge in [-0.15, -0.1) is 17.5 Å². The molecule has 0 N–H and O–H groups in total. The van der Waals surface area contributed by atoms with Crippen LogP contribution in [0.3, 0.4) is 0 Å². The average molecular weight is 233 g/mol. The van der Waals surface area contributed by atoms with Gasteiger partial charge in [0.15, 0.2) is 0 Å². The van der Waals surface area contributed by atoms with Crippen LogP contribution in [0.2, 0.25) is 0 Å². The van der Waals surface area contributed by atoms with Crippen LogP contribution in [0, 0.1) is 12.8 Å². The fourth-order valence-corrected chi connectivity index (χ4v) is 1.24. The van der Waals surface area contributed by atoms with Crippen LogP contribution in [0.25, 0.3) is 0 Å². The van der Waals surface area contributed by atoms with E-state index in [0.29, 0.717) is 0 Å². The molecule has 0 bridgehead atoms. The Morgan fingerprint density at radius 1 is 1.33 bits per heavy atom. The number of ether oxygens (including phenoxy) is 1. The van der Waals surface area contributed by atoms with Crippen LogP contribution < -0.4 is 58.2 Å². The van der Waals surface area contributed by atoms with E-state index in [9.17, 15) is 0 Å². The van der Waals surface area contributed by atoms with E-state index in [-0.39, 0.29) is 58.2 Å². The van der Waals surface area contributed by atoms with Gasteiger partial charge in [0.25, 0.3) is 0 Å². The smallest absolute Gasteiger partial charge is 0.397 e. The van der Waals surface area contributed by atoms with Gasteiger partial charge in [0.2, 0.25) is 0 Å². The van der Waals surface area contributed by atoms with E-state index in [1.54, 1.807) is 0 Å². The van der Waals surface area contributed by atoms with Crippen molar-refractivity contribution in [3.05, 3.63) is 41.3 Å². The molecule has 1 aromatic carbocycles. The maximum Gasteiger partial charge on any atom is 1.00 e. The van der Waals surface area contributed by atoms with E-state index in [4.69, 9.17) is 4.74 Å². The van der Waals surface area contributed by atoms with Gasteiger partial charge >= 0.3 is 58.2 Å². The minimum absolute atomic E-state index is 0. The standard InChI is InChI=1S/C10H11O.Rb/c1-8-3-2-4-9(5-8)10-6-11-7-10;/h2-5H,6-7H2,1H3;/q-1;+1. The van der Waals surface area contributed by atoms with Crippen molar-refractivity contribution in [2.45, 2.75) is 6.92 Å². The number of aryl methyl sites for hydroxylation is 1. The fourth-order valence-electron chi connectivity index (χ4n) is 1.24. The third-order valence-corrected chi connectivity index (χ3v) is 1.98. The Balaban J connectivity index is 0.000000720. The van der Waals surface area contributed by atoms with Crippen molar-refractivity contribution in [2.75, 3.05) is 13.2 Å². The third-order valence-electron chi connectivity index (χ3n) is 1.98. The Kier molecular flexibility index (Phi) is 4.48. The van der Waals surface area contributed by atoms with Crippen LogP contribution >= 0.6 is 0 Å². The molecule has 1 saturated heterocycles. The summed E-state index contributed by atoms with van der Waals surface area (Å²) in [7, 11) is 0. The van der Waals surface area contributed by atoms with Gasteiger partial charge in [-0.2, -0.15) is 17.7 Å². The number of hydrogen-bond acceptors (Lipinski definition) is 1. The first-order valence-corrected chi connectivity index (χ1v) is 3.86. The van der Waals surface area contributed by atoms with Crippen LogP contribution in [0.5, 0.6) is 0 Å². The third kappa shape index (κ3) is 2.42. The quantitative estimate of drug-likeness (QED) is 0.562. The molecule has 2 heteroatoms. The summed E-state index contributed by atoms with van der Waals surface area (Å²) in [4.78, 5) is 0. The van der Waals surface area contributed by atoms with Crippen LogP contribution in [0.15, 0.2) is 24.3 Å². The van der Waals surface area contributed by atoms with Crippen molar-refractivity contribution in [1.29, 1.82) is 0 Å². The molecule has 58 valence electrons. The Morgan fingerprint density at radius 2 is 2.08 bits per heavy atom. The van der Waals surface area contributed by atoms with Crippen LogP contribution in [0.1, 0.15) is 11.1 Å². The van der Waals surface area contributed by atoms with Gasteiger partial charge in [-0.3, -0.25) is 0 Å². The molecule has 1 heterocycles. The van der Waals surface area contributed by atoms with Gasteiger partial charge in [-0.1, -0.05) is 13.0 Å². The zero-order valence-corrected chi connectivity index (χ0v) is 12.5. The molecule has 0 unspecified atom stereocenters. The zero-order chi connectivity index (χ0) is 7.68.